The molecule has 1 heterocycles. The monoisotopic (exact) mass is 294 g/mol. The summed E-state index contributed by atoms with van der Waals surface area (Å²) < 4.78 is 5.55. The lowest BCUT2D eigenvalue weighted by Gasteiger charge is -2.31. The number of rotatable bonds is 5. The minimum atomic E-state index is -0.685. The summed E-state index contributed by atoms with van der Waals surface area (Å²) in [4.78, 5) is 15.3. The van der Waals surface area contributed by atoms with Gasteiger partial charge in [0, 0.05) is 20.1 Å². The first-order valence-corrected chi connectivity index (χ1v) is 6.99. The minimum absolute atomic E-state index is 0.0520. The molecule has 21 heavy (non-hydrogen) atoms. The van der Waals surface area contributed by atoms with Gasteiger partial charge >= 0.3 is 0 Å². The molecule has 0 spiro atoms. The van der Waals surface area contributed by atoms with Gasteiger partial charge in [-0.1, -0.05) is 6.07 Å². The number of fused-ring (bicyclic) bond motifs is 1. The van der Waals surface area contributed by atoms with Crippen molar-refractivity contribution in [1.82, 2.24) is 4.90 Å². The summed E-state index contributed by atoms with van der Waals surface area (Å²) in [6, 6.07) is 5.35. The lowest BCUT2D eigenvalue weighted by atomic mass is 10.1. The predicted molar refractivity (Wildman–Crippen MR) is 79.5 cm³/mol. The van der Waals surface area contributed by atoms with E-state index in [1.54, 1.807) is 37.1 Å². The molecule has 1 aliphatic rings. The van der Waals surface area contributed by atoms with Crippen molar-refractivity contribution >= 4 is 11.6 Å². The van der Waals surface area contributed by atoms with Crippen LogP contribution in [0.4, 0.5) is 5.69 Å². The Kier molecular flexibility index (Phi) is 4.82. The second-order valence-electron chi connectivity index (χ2n) is 5.39. The fraction of sp³-hybridized carbons (Fsp3) is 0.533. The van der Waals surface area contributed by atoms with Gasteiger partial charge in [0.25, 0.3) is 5.91 Å². The van der Waals surface area contributed by atoms with Crippen LogP contribution in [0.25, 0.3) is 0 Å². The molecule has 1 aromatic rings. The summed E-state index contributed by atoms with van der Waals surface area (Å²) in [5.41, 5.74) is 1.39. The maximum atomic E-state index is 11.9. The van der Waals surface area contributed by atoms with E-state index in [1.807, 2.05) is 11.9 Å². The summed E-state index contributed by atoms with van der Waals surface area (Å²) in [6.07, 6.45) is -1.18. The van der Waals surface area contributed by atoms with Crippen LogP contribution in [0.1, 0.15) is 18.6 Å². The topological polar surface area (TPSA) is 73.2 Å². The Morgan fingerprint density at radius 2 is 2.19 bits per heavy atom. The van der Waals surface area contributed by atoms with Gasteiger partial charge in [0.05, 0.1) is 18.4 Å². The Hall–Kier alpha value is -1.63. The van der Waals surface area contributed by atoms with E-state index in [-0.39, 0.29) is 12.5 Å². The van der Waals surface area contributed by atoms with Crippen LogP contribution < -0.4 is 9.64 Å². The number of aliphatic hydroxyl groups excluding tert-OH is 2. The van der Waals surface area contributed by atoms with E-state index in [9.17, 15) is 9.90 Å². The summed E-state index contributed by atoms with van der Waals surface area (Å²) in [5.74, 6) is 0.538. The minimum Gasteiger partial charge on any atom is -0.479 e. The average Bonchev–Trinajstić information content (AvgIpc) is 2.44. The van der Waals surface area contributed by atoms with Gasteiger partial charge < -0.3 is 24.7 Å². The molecule has 2 unspecified atom stereocenters. The smallest absolute Gasteiger partial charge is 0.267 e. The van der Waals surface area contributed by atoms with Crippen LogP contribution in [0.15, 0.2) is 18.2 Å². The zero-order valence-corrected chi connectivity index (χ0v) is 12.6. The van der Waals surface area contributed by atoms with E-state index in [0.29, 0.717) is 24.5 Å². The summed E-state index contributed by atoms with van der Waals surface area (Å²) in [7, 11) is 3.53. The highest BCUT2D eigenvalue weighted by molar-refractivity contribution is 5.99. The van der Waals surface area contributed by atoms with Crippen molar-refractivity contribution in [1.29, 1.82) is 0 Å². The third-order valence-electron chi connectivity index (χ3n) is 3.68. The number of hydrogen-bond acceptors (Lipinski definition) is 5. The molecule has 0 fully saturated rings. The number of likely N-dealkylation sites (N-methyl/N-ethyl adjacent to an activating group) is 2. The molecule has 116 valence electrons. The molecule has 1 aliphatic heterocycles. The lowest BCUT2D eigenvalue weighted by Crippen LogP contribution is -2.42. The Bertz CT molecular complexity index is 520. The molecule has 6 nitrogen and oxygen atoms in total. The van der Waals surface area contributed by atoms with Crippen molar-refractivity contribution in [3.05, 3.63) is 23.8 Å². The first kappa shape index (κ1) is 15.8. The van der Waals surface area contributed by atoms with Gasteiger partial charge in [0.15, 0.2) is 6.10 Å². The largest absolute Gasteiger partial charge is 0.479 e. The van der Waals surface area contributed by atoms with Crippen LogP contribution in [-0.4, -0.2) is 60.9 Å². The van der Waals surface area contributed by atoms with Gasteiger partial charge in [-0.3, -0.25) is 4.79 Å². The molecule has 6 heteroatoms. The van der Waals surface area contributed by atoms with Crippen LogP contribution in [0.3, 0.4) is 0 Å². The number of nitrogens with zero attached hydrogens (tertiary/aromatic N) is 2. The SMILES string of the molecule is CC1Oc2ccc(C(O)CN(C)CCO)cc2N(C)C1=O. The maximum absolute atomic E-state index is 11.9. The maximum Gasteiger partial charge on any atom is 0.267 e. The molecule has 2 N–H and O–H groups in total. The Morgan fingerprint density at radius 1 is 1.48 bits per heavy atom. The van der Waals surface area contributed by atoms with Crippen LogP contribution in [0.5, 0.6) is 5.75 Å². The van der Waals surface area contributed by atoms with E-state index in [4.69, 9.17) is 9.84 Å². The highest BCUT2D eigenvalue weighted by Gasteiger charge is 2.29. The number of anilines is 1. The molecule has 0 aliphatic carbocycles. The number of aliphatic hydroxyl groups is 2. The number of carbonyl (C=O) groups excluding carboxylic acids is 1. The standard InChI is InChI=1S/C15H22N2O4/c1-10-15(20)17(3)12-8-11(4-5-14(12)21-10)13(19)9-16(2)6-7-18/h4-5,8,10,13,18-19H,6-7,9H2,1-3H3. The van der Waals surface area contributed by atoms with Gasteiger partial charge in [0.1, 0.15) is 5.75 Å². The van der Waals surface area contributed by atoms with Crippen LogP contribution >= 0.6 is 0 Å². The van der Waals surface area contributed by atoms with Crippen molar-refractivity contribution in [3.8, 4) is 5.75 Å². The number of hydrogen-bond donors (Lipinski definition) is 2. The first-order valence-electron chi connectivity index (χ1n) is 6.99. The number of benzene rings is 1. The van der Waals surface area contributed by atoms with Crippen molar-refractivity contribution in [3.63, 3.8) is 0 Å². The summed E-state index contributed by atoms with van der Waals surface area (Å²) >= 11 is 0. The van der Waals surface area contributed by atoms with Gasteiger partial charge in [-0.25, -0.2) is 0 Å². The molecule has 0 saturated carbocycles. The van der Waals surface area contributed by atoms with E-state index in [2.05, 4.69) is 0 Å². The van der Waals surface area contributed by atoms with Crippen LogP contribution in [0.2, 0.25) is 0 Å². The quantitative estimate of drug-likeness (QED) is 0.822. The molecule has 1 amide bonds. The molecule has 1 aromatic carbocycles. The van der Waals surface area contributed by atoms with E-state index in [1.165, 1.54) is 0 Å². The summed E-state index contributed by atoms with van der Waals surface area (Å²) in [6.45, 7) is 2.68. The molecule has 0 aromatic heterocycles. The molecular formula is C15H22N2O4. The second kappa shape index (κ2) is 6.43. The molecule has 0 bridgehead atoms. The third-order valence-corrected chi connectivity index (χ3v) is 3.68. The molecular weight excluding hydrogens is 272 g/mol. The van der Waals surface area contributed by atoms with Gasteiger partial charge in [0.2, 0.25) is 0 Å². The van der Waals surface area contributed by atoms with Crippen molar-refractivity contribution in [2.75, 3.05) is 38.7 Å². The first-order chi connectivity index (χ1) is 9.93. The van der Waals surface area contributed by atoms with E-state index < -0.39 is 12.2 Å². The average molecular weight is 294 g/mol. The third kappa shape index (κ3) is 3.34. The number of carbonyl (C=O) groups is 1. The molecule has 0 radical (unpaired) electrons. The highest BCUT2D eigenvalue weighted by atomic mass is 16.5. The van der Waals surface area contributed by atoms with E-state index >= 15 is 0 Å². The Morgan fingerprint density at radius 3 is 2.86 bits per heavy atom. The van der Waals surface area contributed by atoms with Gasteiger partial charge in [-0.05, 0) is 31.7 Å². The van der Waals surface area contributed by atoms with Crippen molar-refractivity contribution in [2.45, 2.75) is 19.1 Å². The lowest BCUT2D eigenvalue weighted by molar-refractivity contribution is -0.125. The second-order valence-corrected chi connectivity index (χ2v) is 5.39. The molecule has 2 atom stereocenters. The zero-order chi connectivity index (χ0) is 15.6. The molecule has 0 saturated heterocycles. The van der Waals surface area contributed by atoms with Crippen LogP contribution in [-0.2, 0) is 4.79 Å². The Labute approximate surface area is 124 Å². The van der Waals surface area contributed by atoms with Crippen molar-refractivity contribution in [2.24, 2.45) is 0 Å². The van der Waals surface area contributed by atoms with Crippen LogP contribution in [0, 0.1) is 0 Å². The predicted octanol–water partition coefficient (Wildman–Crippen LogP) is 0.388. The Balaban J connectivity index is 2.19. The van der Waals surface area contributed by atoms with Gasteiger partial charge in [-0.2, -0.15) is 0 Å². The van der Waals surface area contributed by atoms with Gasteiger partial charge in [-0.15, -0.1) is 0 Å². The zero-order valence-electron chi connectivity index (χ0n) is 12.6. The highest BCUT2D eigenvalue weighted by Crippen LogP contribution is 2.35. The van der Waals surface area contributed by atoms with E-state index in [0.717, 1.165) is 5.56 Å². The normalized spacial score (nSPS) is 19.4. The number of amides is 1. The summed E-state index contributed by atoms with van der Waals surface area (Å²) in [5, 5.41) is 19.1. The number of ether oxygens (including phenoxy) is 1. The molecule has 2 rings (SSSR count). The fourth-order valence-corrected chi connectivity index (χ4v) is 2.40. The fourth-order valence-electron chi connectivity index (χ4n) is 2.40. The van der Waals surface area contributed by atoms with Crippen molar-refractivity contribution < 1.29 is 19.7 Å².